The Hall–Kier alpha value is -2.08. The third kappa shape index (κ3) is 5.71. The van der Waals surface area contributed by atoms with Crippen LogP contribution in [0.5, 0.6) is 0 Å². The van der Waals surface area contributed by atoms with Crippen molar-refractivity contribution >= 4 is 0 Å². The molecule has 0 saturated heterocycles. The molecule has 0 aliphatic carbocycles. The van der Waals surface area contributed by atoms with Crippen molar-refractivity contribution in [1.82, 2.24) is 0 Å². The van der Waals surface area contributed by atoms with Crippen molar-refractivity contribution in [2.45, 2.75) is 25.7 Å². The minimum atomic E-state index is 1.04. The van der Waals surface area contributed by atoms with Gasteiger partial charge >= 0.3 is 0 Å². The molecule has 102 valence electrons. The van der Waals surface area contributed by atoms with Gasteiger partial charge in [-0.15, -0.1) is 0 Å². The zero-order valence-corrected chi connectivity index (χ0v) is 11.9. The average molecular weight is 262 g/mol. The van der Waals surface area contributed by atoms with Crippen LogP contribution in [-0.2, 0) is 12.8 Å². The topological polar surface area (TPSA) is 0 Å². The van der Waals surface area contributed by atoms with E-state index in [-0.39, 0.29) is 0 Å². The Morgan fingerprint density at radius 3 is 1.30 bits per heavy atom. The monoisotopic (exact) mass is 262 g/mol. The fourth-order valence-electron chi connectivity index (χ4n) is 2.10. The summed E-state index contributed by atoms with van der Waals surface area (Å²) in [4.78, 5) is 0. The summed E-state index contributed by atoms with van der Waals surface area (Å²) in [6.07, 6.45) is 13.4. The number of hydrogen-bond acceptors (Lipinski definition) is 0. The predicted octanol–water partition coefficient (Wildman–Crippen LogP) is 5.36. The van der Waals surface area contributed by atoms with Crippen LogP contribution in [0.2, 0.25) is 0 Å². The molecule has 0 fully saturated rings. The maximum Gasteiger partial charge on any atom is -0.00975 e. The Balaban J connectivity index is 1.59. The minimum Gasteiger partial charge on any atom is -0.0879 e. The number of hydrogen-bond donors (Lipinski definition) is 0. The lowest BCUT2D eigenvalue weighted by Gasteiger charge is -1.95. The normalized spacial score (nSPS) is 11.4. The first kappa shape index (κ1) is 14.3. The summed E-state index contributed by atoms with van der Waals surface area (Å²) >= 11 is 0. The first-order chi connectivity index (χ1) is 9.95. The Morgan fingerprint density at radius 1 is 0.500 bits per heavy atom. The molecule has 0 N–H and O–H groups in total. The van der Waals surface area contributed by atoms with Crippen LogP contribution in [0.1, 0.15) is 24.0 Å². The second-order valence-corrected chi connectivity index (χ2v) is 4.90. The molecule has 0 bridgehead atoms. The molecule has 0 heteroatoms. The van der Waals surface area contributed by atoms with Crippen LogP contribution in [0.15, 0.2) is 85.0 Å². The maximum absolute atomic E-state index is 2.28. The molecule has 0 unspecified atom stereocenters. The molecular formula is C20H22. The molecule has 0 saturated carbocycles. The average Bonchev–Trinajstić information content (AvgIpc) is 2.52. The van der Waals surface area contributed by atoms with Crippen molar-refractivity contribution in [3.8, 4) is 0 Å². The number of unbranched alkanes of at least 4 members (excludes halogenated alkanes) is 1. The summed E-state index contributed by atoms with van der Waals surface area (Å²) < 4.78 is 0. The molecule has 2 aromatic carbocycles. The molecule has 2 aromatic rings. The molecule has 0 amide bonds. The van der Waals surface area contributed by atoms with Crippen molar-refractivity contribution in [2.75, 3.05) is 0 Å². The van der Waals surface area contributed by atoms with E-state index in [9.17, 15) is 0 Å². The molecular weight excluding hydrogens is 240 g/mol. The third-order valence-corrected chi connectivity index (χ3v) is 3.23. The fraction of sp³-hybridized carbons (Fsp3) is 0.200. The SMILES string of the molecule is C(=C/Cc1ccccc1)/CC/C=C\Cc1ccccc1. The summed E-state index contributed by atoms with van der Waals surface area (Å²) in [7, 11) is 0. The number of allylic oxidation sites excluding steroid dienone is 4. The zero-order chi connectivity index (χ0) is 13.9. The summed E-state index contributed by atoms with van der Waals surface area (Å²) in [6.45, 7) is 0. The quantitative estimate of drug-likeness (QED) is 0.465. The summed E-state index contributed by atoms with van der Waals surface area (Å²) in [6, 6.07) is 21.2. The second-order valence-electron chi connectivity index (χ2n) is 4.90. The van der Waals surface area contributed by atoms with Gasteiger partial charge in [0.1, 0.15) is 0 Å². The molecule has 20 heavy (non-hydrogen) atoms. The van der Waals surface area contributed by atoms with Gasteiger partial charge in [-0.3, -0.25) is 0 Å². The molecule has 0 aromatic heterocycles. The van der Waals surface area contributed by atoms with Crippen molar-refractivity contribution < 1.29 is 0 Å². The minimum absolute atomic E-state index is 1.04. The van der Waals surface area contributed by atoms with Crippen LogP contribution in [0.3, 0.4) is 0 Å². The number of rotatable bonds is 7. The standard InChI is InChI=1S/C20H22/c1(3-7-13-19-15-9-5-10-16-19)2-4-8-14-20-17-11-6-12-18-20/h3-12,15-18H,1-2,13-14H2/b7-3-,8-4-. The van der Waals surface area contributed by atoms with Crippen LogP contribution in [0.25, 0.3) is 0 Å². The molecule has 0 aliphatic rings. The van der Waals surface area contributed by atoms with Crippen LogP contribution in [-0.4, -0.2) is 0 Å². The van der Waals surface area contributed by atoms with Crippen molar-refractivity contribution in [2.24, 2.45) is 0 Å². The lowest BCUT2D eigenvalue weighted by molar-refractivity contribution is 1.03. The van der Waals surface area contributed by atoms with Gasteiger partial charge in [-0.1, -0.05) is 85.0 Å². The fourth-order valence-corrected chi connectivity index (χ4v) is 2.10. The van der Waals surface area contributed by atoms with Gasteiger partial charge in [0.15, 0.2) is 0 Å². The summed E-state index contributed by atoms with van der Waals surface area (Å²) in [5, 5.41) is 0. The smallest absolute Gasteiger partial charge is 0.00975 e. The van der Waals surface area contributed by atoms with E-state index < -0.39 is 0 Å². The third-order valence-electron chi connectivity index (χ3n) is 3.23. The highest BCUT2D eigenvalue weighted by Crippen LogP contribution is 2.03. The van der Waals surface area contributed by atoms with Gasteiger partial charge in [-0.25, -0.2) is 0 Å². The highest BCUT2D eigenvalue weighted by molar-refractivity contribution is 5.18. The van der Waals surface area contributed by atoms with E-state index in [1.54, 1.807) is 0 Å². The molecule has 0 nitrogen and oxygen atoms in total. The van der Waals surface area contributed by atoms with Gasteiger partial charge in [0.05, 0.1) is 0 Å². The molecule has 0 spiro atoms. The molecule has 0 radical (unpaired) electrons. The summed E-state index contributed by atoms with van der Waals surface area (Å²) in [5.41, 5.74) is 2.76. The first-order valence-electron chi connectivity index (χ1n) is 7.33. The van der Waals surface area contributed by atoms with Gasteiger partial charge in [0.25, 0.3) is 0 Å². The highest BCUT2D eigenvalue weighted by Gasteiger charge is 1.86. The zero-order valence-electron chi connectivity index (χ0n) is 11.9. The van der Waals surface area contributed by atoms with Crippen LogP contribution in [0, 0.1) is 0 Å². The Labute approximate surface area is 122 Å². The largest absolute Gasteiger partial charge is 0.0879 e. The van der Waals surface area contributed by atoms with Crippen molar-refractivity contribution in [3.05, 3.63) is 96.1 Å². The number of benzene rings is 2. The van der Waals surface area contributed by atoms with E-state index in [1.807, 2.05) is 0 Å². The van der Waals surface area contributed by atoms with E-state index in [1.165, 1.54) is 11.1 Å². The molecule has 0 heterocycles. The van der Waals surface area contributed by atoms with E-state index in [2.05, 4.69) is 85.0 Å². The second kappa shape index (κ2) is 8.92. The van der Waals surface area contributed by atoms with Gasteiger partial charge < -0.3 is 0 Å². The van der Waals surface area contributed by atoms with Gasteiger partial charge in [-0.05, 0) is 36.8 Å². The highest BCUT2D eigenvalue weighted by atomic mass is 13.9. The van der Waals surface area contributed by atoms with Gasteiger partial charge in [-0.2, -0.15) is 0 Å². The van der Waals surface area contributed by atoms with Gasteiger partial charge in [0.2, 0.25) is 0 Å². The Kier molecular flexibility index (Phi) is 6.40. The van der Waals surface area contributed by atoms with Crippen molar-refractivity contribution in [3.63, 3.8) is 0 Å². The van der Waals surface area contributed by atoms with Crippen LogP contribution < -0.4 is 0 Å². The van der Waals surface area contributed by atoms with E-state index in [4.69, 9.17) is 0 Å². The lowest BCUT2D eigenvalue weighted by Crippen LogP contribution is -1.79. The van der Waals surface area contributed by atoms with E-state index in [0.717, 1.165) is 25.7 Å². The molecule has 0 aliphatic heterocycles. The van der Waals surface area contributed by atoms with Crippen molar-refractivity contribution in [1.29, 1.82) is 0 Å². The van der Waals surface area contributed by atoms with Gasteiger partial charge in [0, 0.05) is 0 Å². The van der Waals surface area contributed by atoms with E-state index >= 15 is 0 Å². The van der Waals surface area contributed by atoms with E-state index in [0.29, 0.717) is 0 Å². The first-order valence-corrected chi connectivity index (χ1v) is 7.33. The molecule has 2 rings (SSSR count). The molecule has 0 atom stereocenters. The Morgan fingerprint density at radius 2 is 0.900 bits per heavy atom. The predicted molar refractivity (Wildman–Crippen MR) is 87.8 cm³/mol. The Bertz CT molecular complexity index is 469. The lowest BCUT2D eigenvalue weighted by atomic mass is 10.1. The van der Waals surface area contributed by atoms with Crippen LogP contribution >= 0.6 is 0 Å². The van der Waals surface area contributed by atoms with Crippen LogP contribution in [0.4, 0.5) is 0 Å². The summed E-state index contributed by atoms with van der Waals surface area (Å²) in [5.74, 6) is 0. The maximum atomic E-state index is 2.28.